The number of sulfonamides is 1. The number of carbonyl (C=O) groups is 1. The Bertz CT molecular complexity index is 785. The number of amides is 1. The van der Waals surface area contributed by atoms with E-state index >= 15 is 0 Å². The van der Waals surface area contributed by atoms with Crippen LogP contribution in [0.15, 0.2) is 52.8 Å². The first-order valence-electron chi connectivity index (χ1n) is 6.87. The van der Waals surface area contributed by atoms with Crippen molar-refractivity contribution in [1.82, 2.24) is 14.7 Å². The highest BCUT2D eigenvalue weighted by molar-refractivity contribution is 8.00. The molecule has 3 N–H and O–H groups in total. The summed E-state index contributed by atoms with van der Waals surface area (Å²) in [6, 6.07) is 7.45. The van der Waals surface area contributed by atoms with Crippen molar-refractivity contribution >= 4 is 39.3 Å². The summed E-state index contributed by atoms with van der Waals surface area (Å²) in [6.45, 7) is 0.0540. The van der Waals surface area contributed by atoms with Gasteiger partial charge in [0.1, 0.15) is 0 Å². The summed E-state index contributed by atoms with van der Waals surface area (Å²) >= 11 is 6.83. The van der Waals surface area contributed by atoms with Gasteiger partial charge < -0.3 is 5.73 Å². The highest BCUT2D eigenvalue weighted by Crippen LogP contribution is 2.21. The van der Waals surface area contributed by atoms with Crippen LogP contribution in [-0.4, -0.2) is 36.1 Å². The molecule has 2 rings (SSSR count). The molecule has 0 radical (unpaired) electrons. The van der Waals surface area contributed by atoms with Crippen molar-refractivity contribution in [3.05, 3.63) is 47.7 Å². The number of primary amides is 1. The van der Waals surface area contributed by atoms with Crippen LogP contribution in [0.1, 0.15) is 6.42 Å². The number of benzene rings is 1. The van der Waals surface area contributed by atoms with Crippen LogP contribution in [0.25, 0.3) is 0 Å². The molecular weight excluding hydrogens is 372 g/mol. The summed E-state index contributed by atoms with van der Waals surface area (Å²) < 4.78 is 26.7. The Morgan fingerprint density at radius 1 is 1.25 bits per heavy atom. The molecule has 128 valence electrons. The smallest absolute Gasteiger partial charge is 0.240 e. The van der Waals surface area contributed by atoms with Gasteiger partial charge in [-0.15, -0.1) is 0 Å². The van der Waals surface area contributed by atoms with Gasteiger partial charge in [0.05, 0.1) is 10.1 Å². The number of aromatic nitrogens is 2. The quantitative estimate of drug-likeness (QED) is 0.524. The van der Waals surface area contributed by atoms with E-state index in [2.05, 4.69) is 14.7 Å². The van der Waals surface area contributed by atoms with Crippen molar-refractivity contribution in [3.8, 4) is 0 Å². The Labute approximate surface area is 149 Å². The standard InChI is InChI=1S/C14H15ClN4O3S2/c15-10-2-4-11(5-3-10)24(21,22)19-9-6-12(13(16)20)23-14-17-7-1-8-18-14/h1-5,7-8,12,19H,6,9H2,(H2,16,20)/t12-/m1/s1. The van der Waals surface area contributed by atoms with Crippen LogP contribution in [0, 0.1) is 0 Å². The van der Waals surface area contributed by atoms with E-state index in [1.165, 1.54) is 24.3 Å². The van der Waals surface area contributed by atoms with Crippen LogP contribution in [0.2, 0.25) is 5.02 Å². The molecule has 0 aliphatic heterocycles. The number of nitrogens with one attached hydrogen (secondary N) is 1. The zero-order valence-corrected chi connectivity index (χ0v) is 14.8. The fourth-order valence-electron chi connectivity index (χ4n) is 1.75. The number of carbonyl (C=O) groups excluding carboxylic acids is 1. The molecule has 7 nitrogen and oxygen atoms in total. The van der Waals surface area contributed by atoms with Crippen LogP contribution < -0.4 is 10.5 Å². The van der Waals surface area contributed by atoms with Crippen molar-refractivity contribution in [2.75, 3.05) is 6.54 Å². The predicted molar refractivity (Wildman–Crippen MR) is 92.1 cm³/mol. The second-order valence-electron chi connectivity index (χ2n) is 4.68. The molecule has 1 amide bonds. The fourth-order valence-corrected chi connectivity index (χ4v) is 3.78. The third-order valence-electron chi connectivity index (χ3n) is 2.93. The lowest BCUT2D eigenvalue weighted by atomic mass is 10.3. The molecule has 10 heteroatoms. The van der Waals surface area contributed by atoms with E-state index in [1.54, 1.807) is 18.5 Å². The third-order valence-corrected chi connectivity index (χ3v) is 5.83. The van der Waals surface area contributed by atoms with Crippen LogP contribution in [0.4, 0.5) is 0 Å². The topological polar surface area (TPSA) is 115 Å². The van der Waals surface area contributed by atoms with Crippen LogP contribution in [0.3, 0.4) is 0 Å². The molecule has 1 aromatic heterocycles. The number of nitrogens with two attached hydrogens (primary N) is 1. The first-order valence-corrected chi connectivity index (χ1v) is 9.61. The maximum Gasteiger partial charge on any atom is 0.240 e. The molecule has 0 aliphatic rings. The van der Waals surface area contributed by atoms with Crippen molar-refractivity contribution in [2.45, 2.75) is 21.7 Å². The van der Waals surface area contributed by atoms with E-state index in [-0.39, 0.29) is 17.9 Å². The molecule has 0 bridgehead atoms. The van der Waals surface area contributed by atoms with E-state index in [4.69, 9.17) is 17.3 Å². The summed E-state index contributed by atoms with van der Waals surface area (Å²) in [5.41, 5.74) is 5.35. The van der Waals surface area contributed by atoms with Gasteiger partial charge in [0.2, 0.25) is 15.9 Å². The minimum absolute atomic E-state index is 0.0540. The zero-order valence-electron chi connectivity index (χ0n) is 12.4. The maximum atomic E-state index is 12.2. The molecule has 0 spiro atoms. The lowest BCUT2D eigenvalue weighted by Crippen LogP contribution is -2.32. The molecule has 0 saturated heterocycles. The molecule has 0 fully saturated rings. The molecule has 24 heavy (non-hydrogen) atoms. The van der Waals surface area contributed by atoms with Gasteiger partial charge >= 0.3 is 0 Å². The maximum absolute atomic E-state index is 12.2. The van der Waals surface area contributed by atoms with Crippen molar-refractivity contribution < 1.29 is 13.2 Å². The summed E-state index contributed by atoms with van der Waals surface area (Å²) in [7, 11) is -3.67. The van der Waals surface area contributed by atoms with E-state index in [1.807, 2.05) is 0 Å². The first-order chi connectivity index (χ1) is 11.4. The number of rotatable bonds is 8. The average Bonchev–Trinajstić information content (AvgIpc) is 2.55. The van der Waals surface area contributed by atoms with E-state index in [9.17, 15) is 13.2 Å². The third kappa shape index (κ3) is 5.45. The normalized spacial score (nSPS) is 12.7. The number of hydrogen-bond donors (Lipinski definition) is 2. The van der Waals surface area contributed by atoms with Gasteiger partial charge in [0.15, 0.2) is 5.16 Å². The zero-order chi connectivity index (χ0) is 17.6. The van der Waals surface area contributed by atoms with E-state index in [0.29, 0.717) is 10.2 Å². The van der Waals surface area contributed by atoms with Crippen LogP contribution in [-0.2, 0) is 14.8 Å². The molecule has 2 aromatic rings. The highest BCUT2D eigenvalue weighted by atomic mass is 35.5. The lowest BCUT2D eigenvalue weighted by molar-refractivity contribution is -0.117. The van der Waals surface area contributed by atoms with Crippen molar-refractivity contribution in [1.29, 1.82) is 0 Å². The monoisotopic (exact) mass is 386 g/mol. The second-order valence-corrected chi connectivity index (χ2v) is 8.05. The predicted octanol–water partition coefficient (Wildman–Crippen LogP) is 1.44. The van der Waals surface area contributed by atoms with Crippen LogP contribution >= 0.6 is 23.4 Å². The second kappa shape index (κ2) is 8.43. The number of thioether (sulfide) groups is 1. The van der Waals surface area contributed by atoms with Gasteiger partial charge in [0, 0.05) is 24.0 Å². The van der Waals surface area contributed by atoms with E-state index in [0.717, 1.165) is 11.8 Å². The minimum Gasteiger partial charge on any atom is -0.369 e. The fraction of sp³-hybridized carbons (Fsp3) is 0.214. The Hall–Kier alpha value is -1.68. The van der Waals surface area contributed by atoms with Gasteiger partial charge in [-0.25, -0.2) is 23.1 Å². The summed E-state index contributed by atoms with van der Waals surface area (Å²) in [5.74, 6) is -0.557. The van der Waals surface area contributed by atoms with Gasteiger partial charge in [-0.1, -0.05) is 23.4 Å². The summed E-state index contributed by atoms with van der Waals surface area (Å²) in [6.07, 6.45) is 3.32. The number of halogens is 1. The lowest BCUT2D eigenvalue weighted by Gasteiger charge is -2.12. The van der Waals surface area contributed by atoms with Crippen molar-refractivity contribution in [3.63, 3.8) is 0 Å². The molecule has 0 saturated carbocycles. The Balaban J connectivity index is 1.95. The summed E-state index contributed by atoms with van der Waals surface area (Å²) in [4.78, 5) is 19.6. The van der Waals surface area contributed by atoms with Gasteiger partial charge in [-0.2, -0.15) is 0 Å². The largest absolute Gasteiger partial charge is 0.369 e. The Morgan fingerprint density at radius 3 is 2.46 bits per heavy atom. The van der Waals surface area contributed by atoms with Crippen LogP contribution in [0.5, 0.6) is 0 Å². The number of nitrogens with zero attached hydrogens (tertiary/aromatic N) is 2. The molecule has 1 aromatic carbocycles. The minimum atomic E-state index is -3.67. The SMILES string of the molecule is NC(=O)[C@@H](CCNS(=O)(=O)c1ccc(Cl)cc1)Sc1ncccn1. The Kier molecular flexibility index (Phi) is 6.55. The first kappa shape index (κ1) is 18.7. The van der Waals surface area contributed by atoms with Gasteiger partial charge in [-0.05, 0) is 36.8 Å². The number of hydrogen-bond acceptors (Lipinski definition) is 6. The summed E-state index contributed by atoms with van der Waals surface area (Å²) in [5, 5.41) is 0.212. The highest BCUT2D eigenvalue weighted by Gasteiger charge is 2.20. The average molecular weight is 387 g/mol. The molecule has 0 unspecified atom stereocenters. The Morgan fingerprint density at radius 2 is 1.88 bits per heavy atom. The molecular formula is C14H15ClN4O3S2. The molecule has 0 aliphatic carbocycles. The van der Waals surface area contributed by atoms with Gasteiger partial charge in [-0.3, -0.25) is 4.79 Å². The van der Waals surface area contributed by atoms with Crippen molar-refractivity contribution in [2.24, 2.45) is 5.73 Å². The van der Waals surface area contributed by atoms with E-state index < -0.39 is 21.2 Å². The molecule has 1 heterocycles. The van der Waals surface area contributed by atoms with Gasteiger partial charge in [0.25, 0.3) is 0 Å². The molecule has 1 atom stereocenters.